The van der Waals surface area contributed by atoms with Gasteiger partial charge in [-0.25, -0.2) is 0 Å². The Balaban J connectivity index is 1.41. The van der Waals surface area contributed by atoms with E-state index in [9.17, 15) is 9.90 Å². The van der Waals surface area contributed by atoms with Crippen molar-refractivity contribution in [1.29, 1.82) is 0 Å². The molecule has 0 unspecified atom stereocenters. The number of nitrogens with two attached hydrogens (primary N) is 1. The second-order valence-corrected chi connectivity index (χ2v) is 10.5. The van der Waals surface area contributed by atoms with Gasteiger partial charge in [0.25, 0.3) is 0 Å². The number of anilines is 1. The van der Waals surface area contributed by atoms with Crippen molar-refractivity contribution in [3.8, 4) is 16.9 Å². The van der Waals surface area contributed by atoms with Gasteiger partial charge in [0, 0.05) is 30.9 Å². The van der Waals surface area contributed by atoms with E-state index in [1.807, 2.05) is 24.3 Å². The van der Waals surface area contributed by atoms with Gasteiger partial charge in [0.2, 0.25) is 0 Å². The third-order valence-corrected chi connectivity index (χ3v) is 8.04. The molecule has 2 saturated heterocycles. The Morgan fingerprint density at radius 2 is 1.68 bits per heavy atom. The summed E-state index contributed by atoms with van der Waals surface area (Å²) >= 11 is 0. The van der Waals surface area contributed by atoms with Gasteiger partial charge in [0.05, 0.1) is 6.42 Å². The molecule has 2 fully saturated rings. The van der Waals surface area contributed by atoms with Gasteiger partial charge < -0.3 is 25.8 Å². The molecular weight excluding hydrogens is 462 g/mol. The summed E-state index contributed by atoms with van der Waals surface area (Å²) < 4.78 is 6.18. The van der Waals surface area contributed by atoms with Crippen LogP contribution in [0.3, 0.4) is 0 Å². The number of hydrogen-bond acceptors (Lipinski definition) is 5. The minimum absolute atomic E-state index is 0.0572. The standard InChI is InChI=1S/C31H37N3O3/c32-21-23-4-3-6-25(16-23)27-17-24(22-37-29-7-2-1-5-26(29)20-30(35)36)18-28(19-27)34-14-10-31(11-15-34)8-12-33-13-9-31/h1-7,16-19,33H,8-15,20-22,32H2,(H,35,36). The van der Waals surface area contributed by atoms with Crippen LogP contribution in [0.1, 0.15) is 42.4 Å². The number of nitrogens with zero attached hydrogens (tertiary/aromatic N) is 1. The second-order valence-electron chi connectivity index (χ2n) is 10.5. The number of nitrogens with one attached hydrogen (secondary N) is 1. The van der Waals surface area contributed by atoms with Crippen molar-refractivity contribution in [1.82, 2.24) is 5.32 Å². The average Bonchev–Trinajstić information content (AvgIpc) is 2.93. The molecule has 2 aliphatic rings. The molecule has 0 amide bonds. The molecule has 2 heterocycles. The van der Waals surface area contributed by atoms with Crippen molar-refractivity contribution < 1.29 is 14.6 Å². The lowest BCUT2D eigenvalue weighted by Gasteiger charge is -2.45. The van der Waals surface area contributed by atoms with Crippen molar-refractivity contribution in [3.63, 3.8) is 0 Å². The number of rotatable bonds is 8. The maximum atomic E-state index is 11.3. The molecule has 0 bridgehead atoms. The van der Waals surface area contributed by atoms with Gasteiger partial charge in [-0.05, 0) is 96.8 Å². The van der Waals surface area contributed by atoms with Gasteiger partial charge in [-0.2, -0.15) is 0 Å². The molecule has 6 nitrogen and oxygen atoms in total. The van der Waals surface area contributed by atoms with Crippen molar-refractivity contribution in [2.75, 3.05) is 31.1 Å². The van der Waals surface area contributed by atoms with Crippen molar-refractivity contribution in [2.45, 2.75) is 45.3 Å². The summed E-state index contributed by atoms with van der Waals surface area (Å²) in [6.45, 7) is 5.28. The maximum Gasteiger partial charge on any atom is 0.307 e. The molecule has 6 heteroatoms. The Bertz CT molecular complexity index is 1230. The van der Waals surface area contributed by atoms with E-state index in [4.69, 9.17) is 10.5 Å². The van der Waals surface area contributed by atoms with Crippen LogP contribution < -0.4 is 20.7 Å². The summed E-state index contributed by atoms with van der Waals surface area (Å²) in [6, 6.07) is 22.5. The minimum Gasteiger partial charge on any atom is -0.489 e. The van der Waals surface area contributed by atoms with Gasteiger partial charge in [0.1, 0.15) is 12.4 Å². The first-order valence-corrected chi connectivity index (χ1v) is 13.4. The molecule has 194 valence electrons. The zero-order valence-electron chi connectivity index (χ0n) is 21.4. The number of carboxylic acid groups (broad SMARTS) is 1. The van der Waals surface area contributed by atoms with Crippen LogP contribution in [-0.4, -0.2) is 37.3 Å². The number of benzene rings is 3. The van der Waals surface area contributed by atoms with E-state index in [-0.39, 0.29) is 6.42 Å². The number of hydrogen-bond donors (Lipinski definition) is 3. The summed E-state index contributed by atoms with van der Waals surface area (Å²) in [5.74, 6) is -0.246. The topological polar surface area (TPSA) is 87.8 Å². The van der Waals surface area contributed by atoms with E-state index in [0.717, 1.165) is 48.4 Å². The average molecular weight is 500 g/mol. The Labute approximate surface area is 219 Å². The molecule has 0 aliphatic carbocycles. The van der Waals surface area contributed by atoms with Crippen LogP contribution >= 0.6 is 0 Å². The highest BCUT2D eigenvalue weighted by Crippen LogP contribution is 2.41. The first kappa shape index (κ1) is 25.3. The summed E-state index contributed by atoms with van der Waals surface area (Å²) in [4.78, 5) is 13.8. The van der Waals surface area contributed by atoms with Crippen LogP contribution in [0.4, 0.5) is 5.69 Å². The lowest BCUT2D eigenvalue weighted by atomic mass is 9.71. The zero-order chi connectivity index (χ0) is 25.7. The molecule has 37 heavy (non-hydrogen) atoms. The monoisotopic (exact) mass is 499 g/mol. The van der Waals surface area contributed by atoms with E-state index in [0.29, 0.717) is 29.9 Å². The molecule has 4 N–H and O–H groups in total. The molecule has 0 radical (unpaired) electrons. The smallest absolute Gasteiger partial charge is 0.307 e. The van der Waals surface area contributed by atoms with Crippen LogP contribution in [0.15, 0.2) is 66.7 Å². The molecule has 0 atom stereocenters. The molecule has 5 rings (SSSR count). The van der Waals surface area contributed by atoms with E-state index in [1.165, 1.54) is 31.4 Å². The second kappa shape index (κ2) is 11.4. The fourth-order valence-electron chi connectivity index (χ4n) is 5.80. The molecule has 3 aromatic rings. The third-order valence-electron chi connectivity index (χ3n) is 8.04. The normalized spacial score (nSPS) is 17.1. The molecule has 0 aromatic heterocycles. The number of ether oxygens (including phenoxy) is 1. The lowest BCUT2D eigenvalue weighted by Crippen LogP contribution is -2.45. The van der Waals surface area contributed by atoms with Crippen molar-refractivity contribution in [2.24, 2.45) is 11.1 Å². The quantitative estimate of drug-likeness (QED) is 0.405. The Kier molecular flexibility index (Phi) is 7.77. The van der Waals surface area contributed by atoms with E-state index in [1.54, 1.807) is 0 Å². The highest BCUT2D eigenvalue weighted by molar-refractivity contribution is 5.72. The van der Waals surface area contributed by atoms with Gasteiger partial charge in [-0.3, -0.25) is 4.79 Å². The maximum absolute atomic E-state index is 11.3. The van der Waals surface area contributed by atoms with Gasteiger partial charge >= 0.3 is 5.97 Å². The molecular formula is C31H37N3O3. The van der Waals surface area contributed by atoms with Crippen molar-refractivity contribution in [3.05, 3.63) is 83.4 Å². The first-order chi connectivity index (χ1) is 18.0. The number of para-hydroxylation sites is 1. The summed E-state index contributed by atoms with van der Waals surface area (Å²) in [7, 11) is 0. The molecule has 0 saturated carbocycles. The van der Waals surface area contributed by atoms with Crippen LogP contribution in [0.2, 0.25) is 0 Å². The van der Waals surface area contributed by atoms with Crippen molar-refractivity contribution >= 4 is 11.7 Å². The fraction of sp³-hybridized carbons (Fsp3) is 0.387. The molecule has 3 aromatic carbocycles. The Hall–Kier alpha value is -3.35. The number of aliphatic carboxylic acids is 1. The number of carbonyl (C=O) groups is 1. The lowest BCUT2D eigenvalue weighted by molar-refractivity contribution is -0.136. The fourth-order valence-corrected chi connectivity index (χ4v) is 5.80. The highest BCUT2D eigenvalue weighted by atomic mass is 16.5. The minimum atomic E-state index is -0.864. The first-order valence-electron chi connectivity index (χ1n) is 13.4. The van der Waals surface area contributed by atoms with Crippen LogP contribution in [0, 0.1) is 5.41 Å². The summed E-state index contributed by atoms with van der Waals surface area (Å²) in [6.07, 6.45) is 4.97. The largest absolute Gasteiger partial charge is 0.489 e. The van der Waals surface area contributed by atoms with Crippen LogP contribution in [-0.2, 0) is 24.4 Å². The van der Waals surface area contributed by atoms with Gasteiger partial charge in [-0.15, -0.1) is 0 Å². The number of carboxylic acids is 1. The number of piperidine rings is 2. The van der Waals surface area contributed by atoms with Gasteiger partial charge in [0.15, 0.2) is 0 Å². The van der Waals surface area contributed by atoms with E-state index < -0.39 is 5.97 Å². The Morgan fingerprint density at radius 1 is 0.919 bits per heavy atom. The Morgan fingerprint density at radius 3 is 2.43 bits per heavy atom. The zero-order valence-corrected chi connectivity index (χ0v) is 21.4. The van der Waals surface area contributed by atoms with Gasteiger partial charge in [-0.1, -0.05) is 36.4 Å². The highest BCUT2D eigenvalue weighted by Gasteiger charge is 2.35. The van der Waals surface area contributed by atoms with E-state index >= 15 is 0 Å². The third kappa shape index (κ3) is 6.14. The summed E-state index contributed by atoms with van der Waals surface area (Å²) in [5.41, 5.74) is 12.8. The predicted molar refractivity (Wildman–Crippen MR) is 148 cm³/mol. The SMILES string of the molecule is NCc1cccc(-c2cc(COc3ccccc3CC(=O)O)cc(N3CCC4(CCNCC4)CC3)c2)c1. The molecule has 2 aliphatic heterocycles. The molecule has 1 spiro atoms. The van der Waals surface area contributed by atoms with Crippen LogP contribution in [0.5, 0.6) is 5.75 Å². The predicted octanol–water partition coefficient (Wildman–Crippen LogP) is 4.99. The van der Waals surface area contributed by atoms with E-state index in [2.05, 4.69) is 52.7 Å². The van der Waals surface area contributed by atoms with Crippen LogP contribution in [0.25, 0.3) is 11.1 Å². The summed E-state index contributed by atoms with van der Waals surface area (Å²) in [5, 5.41) is 12.8.